The molecule has 0 unspecified atom stereocenters. The van der Waals surface area contributed by atoms with Crippen LogP contribution in [0.5, 0.6) is 0 Å². The van der Waals surface area contributed by atoms with E-state index in [9.17, 15) is 4.79 Å². The molecule has 0 saturated carbocycles. The highest BCUT2D eigenvalue weighted by Crippen LogP contribution is 2.45. The van der Waals surface area contributed by atoms with Gasteiger partial charge in [-0.2, -0.15) is 0 Å². The number of likely N-dealkylation sites (tertiary alicyclic amines) is 2. The first-order valence-corrected chi connectivity index (χ1v) is 10.1. The number of nitrogens with zero attached hydrogens (tertiary/aromatic N) is 6. The monoisotopic (exact) mass is 382 g/mol. The van der Waals surface area contributed by atoms with Gasteiger partial charge in [0.25, 0.3) is 0 Å². The Labute approximate surface area is 166 Å². The molecule has 3 atom stereocenters. The zero-order valence-electron chi connectivity index (χ0n) is 17.0. The van der Waals surface area contributed by atoms with Crippen molar-refractivity contribution in [1.82, 2.24) is 29.5 Å². The molecule has 2 aliphatic heterocycles. The van der Waals surface area contributed by atoms with Crippen molar-refractivity contribution in [3.63, 3.8) is 0 Å². The van der Waals surface area contributed by atoms with Gasteiger partial charge in [0.05, 0.1) is 12.6 Å². The maximum Gasteiger partial charge on any atom is 0.237 e. The van der Waals surface area contributed by atoms with Crippen LogP contribution in [0.3, 0.4) is 0 Å². The molecule has 150 valence electrons. The molecule has 0 aliphatic carbocycles. The molecule has 7 heteroatoms. The summed E-state index contributed by atoms with van der Waals surface area (Å²) in [6.45, 7) is 7.50. The number of amides is 1. The van der Waals surface area contributed by atoms with Gasteiger partial charge in [0.2, 0.25) is 5.91 Å². The number of hydrogen-bond donors (Lipinski definition) is 0. The van der Waals surface area contributed by atoms with Crippen LogP contribution < -0.4 is 0 Å². The summed E-state index contributed by atoms with van der Waals surface area (Å²) in [5.74, 6) is 1.27. The van der Waals surface area contributed by atoms with Crippen LogP contribution in [0.1, 0.15) is 17.2 Å². The van der Waals surface area contributed by atoms with Crippen LogP contribution in [0.15, 0.2) is 36.9 Å². The number of aromatic nitrogens is 3. The van der Waals surface area contributed by atoms with Crippen LogP contribution in [-0.2, 0) is 11.3 Å². The second kappa shape index (κ2) is 8.01. The van der Waals surface area contributed by atoms with Crippen LogP contribution in [0.4, 0.5) is 0 Å². The van der Waals surface area contributed by atoms with Crippen molar-refractivity contribution in [2.75, 3.05) is 46.8 Å². The Morgan fingerprint density at radius 3 is 2.57 bits per heavy atom. The minimum Gasteiger partial charge on any atom is -0.334 e. The zero-order chi connectivity index (χ0) is 19.7. The molecule has 0 radical (unpaired) electrons. The van der Waals surface area contributed by atoms with Crippen molar-refractivity contribution in [2.45, 2.75) is 19.5 Å². The Balaban J connectivity index is 1.52. The van der Waals surface area contributed by atoms with Gasteiger partial charge in [-0.3, -0.25) is 4.79 Å². The highest BCUT2D eigenvalue weighted by atomic mass is 16.2. The summed E-state index contributed by atoms with van der Waals surface area (Å²) in [6.07, 6.45) is 3.55. The van der Waals surface area contributed by atoms with Gasteiger partial charge in [0.1, 0.15) is 12.7 Å². The van der Waals surface area contributed by atoms with Gasteiger partial charge in [0.15, 0.2) is 0 Å². The molecule has 7 nitrogen and oxygen atoms in total. The Bertz CT molecular complexity index is 805. The summed E-state index contributed by atoms with van der Waals surface area (Å²) in [7, 11) is 3.93. The second-order valence-electron chi connectivity index (χ2n) is 8.47. The topological polar surface area (TPSA) is 57.5 Å². The molecule has 4 rings (SSSR count). The molecule has 2 fully saturated rings. The second-order valence-corrected chi connectivity index (χ2v) is 8.47. The van der Waals surface area contributed by atoms with E-state index in [1.54, 1.807) is 12.7 Å². The quantitative estimate of drug-likeness (QED) is 0.753. The van der Waals surface area contributed by atoms with E-state index in [2.05, 4.69) is 51.2 Å². The molecule has 0 bridgehead atoms. The van der Waals surface area contributed by atoms with E-state index in [1.165, 1.54) is 11.1 Å². The lowest BCUT2D eigenvalue weighted by molar-refractivity contribution is -0.133. The molecule has 2 aromatic rings. The van der Waals surface area contributed by atoms with Gasteiger partial charge in [-0.1, -0.05) is 24.3 Å². The summed E-state index contributed by atoms with van der Waals surface area (Å²) in [4.78, 5) is 19.7. The fourth-order valence-corrected chi connectivity index (χ4v) is 4.85. The third kappa shape index (κ3) is 3.82. The van der Waals surface area contributed by atoms with Crippen LogP contribution in [-0.4, -0.2) is 82.2 Å². The van der Waals surface area contributed by atoms with Crippen LogP contribution in [0.2, 0.25) is 0 Å². The van der Waals surface area contributed by atoms with E-state index in [-0.39, 0.29) is 11.9 Å². The lowest BCUT2D eigenvalue weighted by Crippen LogP contribution is -2.40. The average molecular weight is 383 g/mol. The van der Waals surface area contributed by atoms with E-state index >= 15 is 0 Å². The first kappa shape index (κ1) is 19.1. The molecule has 1 aromatic carbocycles. The standard InChI is InChI=1S/C21H30N6O/c1-16-6-4-5-7-18(16)21-19-12-25(8-9-26-14-22-23-15-26)10-17(19)11-27(21)20(28)13-24(2)3/h4-7,14-15,17,19,21H,8-13H2,1-3H3/t17-,19-,21+/m1/s1. The number of rotatable bonds is 6. The first-order valence-electron chi connectivity index (χ1n) is 10.1. The van der Waals surface area contributed by atoms with Gasteiger partial charge >= 0.3 is 0 Å². The van der Waals surface area contributed by atoms with Crippen molar-refractivity contribution in [2.24, 2.45) is 11.8 Å². The highest BCUT2D eigenvalue weighted by molar-refractivity contribution is 5.79. The van der Waals surface area contributed by atoms with Crippen molar-refractivity contribution in [1.29, 1.82) is 0 Å². The maximum atomic E-state index is 13.0. The van der Waals surface area contributed by atoms with Gasteiger partial charge < -0.3 is 19.3 Å². The average Bonchev–Trinajstić information content (AvgIpc) is 3.36. The molecule has 1 amide bonds. The lowest BCUT2D eigenvalue weighted by Gasteiger charge is -2.31. The minimum absolute atomic E-state index is 0.179. The van der Waals surface area contributed by atoms with Crippen molar-refractivity contribution in [3.8, 4) is 0 Å². The smallest absolute Gasteiger partial charge is 0.237 e. The normalized spacial score (nSPS) is 24.9. The fourth-order valence-electron chi connectivity index (χ4n) is 4.85. The zero-order valence-corrected chi connectivity index (χ0v) is 17.0. The van der Waals surface area contributed by atoms with E-state index in [0.29, 0.717) is 18.4 Å². The Kier molecular flexibility index (Phi) is 5.46. The van der Waals surface area contributed by atoms with E-state index in [1.807, 2.05) is 23.6 Å². The van der Waals surface area contributed by atoms with Crippen LogP contribution in [0.25, 0.3) is 0 Å². The Hall–Kier alpha value is -2.25. The predicted octanol–water partition coefficient (Wildman–Crippen LogP) is 1.28. The number of likely N-dealkylation sites (N-methyl/N-ethyl adjacent to an activating group) is 1. The van der Waals surface area contributed by atoms with Crippen LogP contribution in [0, 0.1) is 18.8 Å². The Morgan fingerprint density at radius 1 is 1.11 bits per heavy atom. The molecule has 0 spiro atoms. The van der Waals surface area contributed by atoms with E-state index in [0.717, 1.165) is 32.7 Å². The van der Waals surface area contributed by atoms with Gasteiger partial charge in [-0.05, 0) is 38.1 Å². The first-order chi connectivity index (χ1) is 13.5. The number of carbonyl (C=O) groups excluding carboxylic acids is 1. The van der Waals surface area contributed by atoms with Crippen molar-refractivity contribution >= 4 is 5.91 Å². The maximum absolute atomic E-state index is 13.0. The summed E-state index contributed by atoms with van der Waals surface area (Å²) in [6, 6.07) is 8.73. The third-order valence-electron chi connectivity index (χ3n) is 6.16. The third-order valence-corrected chi connectivity index (χ3v) is 6.16. The molecule has 3 heterocycles. The van der Waals surface area contributed by atoms with Gasteiger partial charge in [-0.25, -0.2) is 0 Å². The Morgan fingerprint density at radius 2 is 1.86 bits per heavy atom. The molecule has 0 N–H and O–H groups in total. The highest BCUT2D eigenvalue weighted by Gasteiger charge is 2.49. The molecule has 2 saturated heterocycles. The lowest BCUT2D eigenvalue weighted by atomic mass is 9.87. The summed E-state index contributed by atoms with van der Waals surface area (Å²) < 4.78 is 2.03. The molecular formula is C21H30N6O. The number of fused-ring (bicyclic) bond motifs is 1. The van der Waals surface area contributed by atoms with E-state index in [4.69, 9.17) is 0 Å². The van der Waals surface area contributed by atoms with E-state index < -0.39 is 0 Å². The van der Waals surface area contributed by atoms with Crippen molar-refractivity contribution in [3.05, 3.63) is 48.0 Å². The van der Waals surface area contributed by atoms with Gasteiger partial charge in [0, 0.05) is 38.6 Å². The molecule has 2 aliphatic rings. The summed E-state index contributed by atoms with van der Waals surface area (Å²) in [5.41, 5.74) is 2.58. The molecular weight excluding hydrogens is 352 g/mol. The number of benzene rings is 1. The fraction of sp³-hybridized carbons (Fsp3) is 0.571. The molecule has 1 aromatic heterocycles. The minimum atomic E-state index is 0.179. The number of hydrogen-bond acceptors (Lipinski definition) is 5. The molecule has 28 heavy (non-hydrogen) atoms. The summed E-state index contributed by atoms with van der Waals surface area (Å²) >= 11 is 0. The SMILES string of the molecule is Cc1ccccc1[C@H]1[C@@H]2CN(CCn3cnnc3)C[C@@H]2CN1C(=O)CN(C)C. The number of carbonyl (C=O) groups is 1. The largest absolute Gasteiger partial charge is 0.334 e. The summed E-state index contributed by atoms with van der Waals surface area (Å²) in [5, 5.41) is 7.77. The van der Waals surface area contributed by atoms with Crippen molar-refractivity contribution < 1.29 is 4.79 Å². The number of aryl methyl sites for hydroxylation is 1. The predicted molar refractivity (Wildman–Crippen MR) is 108 cm³/mol. The van der Waals surface area contributed by atoms with Gasteiger partial charge in [-0.15, -0.1) is 10.2 Å². The van der Waals surface area contributed by atoms with Crippen LogP contribution >= 0.6 is 0 Å².